The van der Waals surface area contributed by atoms with Gasteiger partial charge < -0.3 is 29.9 Å². The molecule has 14 heteroatoms. The van der Waals surface area contributed by atoms with Gasteiger partial charge in [-0.25, -0.2) is 9.08 Å². The predicted molar refractivity (Wildman–Crippen MR) is 141 cm³/mol. The molecule has 0 spiro atoms. The second kappa shape index (κ2) is 11.2. The Bertz CT molecular complexity index is 1460. The van der Waals surface area contributed by atoms with Crippen LogP contribution in [0.15, 0.2) is 54.7 Å². The number of aliphatic hydroxyl groups excluding tert-OH is 2. The van der Waals surface area contributed by atoms with Crippen molar-refractivity contribution in [1.29, 1.82) is 5.26 Å². The molecule has 6 atom stereocenters. The van der Waals surface area contributed by atoms with E-state index in [-0.39, 0.29) is 17.5 Å². The maximum absolute atomic E-state index is 13.8. The van der Waals surface area contributed by atoms with Gasteiger partial charge in [0.15, 0.2) is 0 Å². The number of nitrogens with one attached hydrogen (secondary N) is 1. The van der Waals surface area contributed by atoms with Crippen LogP contribution in [0.5, 0.6) is 5.75 Å². The van der Waals surface area contributed by atoms with Crippen molar-refractivity contribution in [3.63, 3.8) is 0 Å². The quantitative estimate of drug-likeness (QED) is 0.205. The number of aromatic nitrogens is 2. The molecule has 0 radical (unpaired) electrons. The van der Waals surface area contributed by atoms with Gasteiger partial charge in [0.2, 0.25) is 5.60 Å². The first-order valence-corrected chi connectivity index (χ1v) is 14.4. The molecule has 1 unspecified atom stereocenters. The molecule has 1 aliphatic heterocycles. The first-order chi connectivity index (χ1) is 19.2. The second-order valence-corrected chi connectivity index (χ2v) is 11.5. The van der Waals surface area contributed by atoms with Crippen LogP contribution in [-0.4, -0.2) is 62.9 Å². The number of carbonyl (C=O) groups is 1. The molecule has 5 N–H and O–H groups in total. The van der Waals surface area contributed by atoms with Gasteiger partial charge >= 0.3 is 13.7 Å². The number of nitriles is 1. The largest absolute Gasteiger partial charge is 0.461 e. The summed E-state index contributed by atoms with van der Waals surface area (Å²) in [4.78, 5) is 12.6. The number of hydrogen-bond acceptors (Lipinski definition) is 11. The molecule has 3 aromatic rings. The van der Waals surface area contributed by atoms with Gasteiger partial charge in [-0.15, -0.1) is 0 Å². The molecule has 1 saturated carbocycles. The first-order valence-electron chi connectivity index (χ1n) is 12.8. The van der Waals surface area contributed by atoms with Gasteiger partial charge in [0.05, 0.1) is 23.5 Å². The van der Waals surface area contributed by atoms with Gasteiger partial charge in [0.25, 0.3) is 0 Å². The molecule has 212 valence electrons. The molecule has 1 saturated heterocycles. The number of fused-ring (bicyclic) bond motifs is 1. The minimum atomic E-state index is -4.28. The highest BCUT2D eigenvalue weighted by Gasteiger charge is 2.58. The molecule has 13 nitrogen and oxygen atoms in total. The Morgan fingerprint density at radius 2 is 2.05 bits per heavy atom. The molecule has 0 bridgehead atoms. The summed E-state index contributed by atoms with van der Waals surface area (Å²) in [7, 11) is -4.28. The maximum atomic E-state index is 13.8. The smallest absolute Gasteiger partial charge is 0.459 e. The molecule has 2 fully saturated rings. The van der Waals surface area contributed by atoms with Crippen molar-refractivity contribution in [2.45, 2.75) is 62.2 Å². The van der Waals surface area contributed by atoms with E-state index in [1.165, 1.54) is 23.7 Å². The lowest BCUT2D eigenvalue weighted by molar-refractivity contribution is -0.154. The molecular weight excluding hydrogens is 541 g/mol. The number of aliphatic hydroxyl groups is 2. The second-order valence-electron chi connectivity index (χ2n) is 9.78. The van der Waals surface area contributed by atoms with Crippen LogP contribution >= 0.6 is 7.75 Å². The van der Waals surface area contributed by atoms with E-state index >= 15 is 0 Å². The highest BCUT2D eigenvalue weighted by atomic mass is 31.2. The summed E-state index contributed by atoms with van der Waals surface area (Å²) in [6, 6.07) is 13.8. The van der Waals surface area contributed by atoms with Gasteiger partial charge in [-0.3, -0.25) is 9.32 Å². The standard InChI is InChI=1S/C26H30N5O8P/c1-16(25(34)37-17-8-5-9-17)30-40(35,39-18-6-3-2-4-7-18)36-14-21-23(32)24(33)26(15-27,38-21)22-11-10-20-19(28)12-13-29-31(20)22/h2-4,6-7,10-13,16-17,21,23-24,32-33H,5,8-9,14,28H2,1H3,(H,30,35)/t16-,21+,23+,24+,26-,40?/m0/s1. The molecular formula is C26H30N5O8P. The van der Waals surface area contributed by atoms with Crippen molar-refractivity contribution in [1.82, 2.24) is 14.7 Å². The summed E-state index contributed by atoms with van der Waals surface area (Å²) in [5, 5.41) is 38.7. The average molecular weight is 572 g/mol. The van der Waals surface area contributed by atoms with E-state index in [0.717, 1.165) is 19.3 Å². The number of benzene rings is 1. The molecule has 40 heavy (non-hydrogen) atoms. The van der Waals surface area contributed by atoms with Gasteiger partial charge in [-0.2, -0.15) is 15.4 Å². The third-order valence-electron chi connectivity index (χ3n) is 7.01. The van der Waals surface area contributed by atoms with E-state index in [1.807, 2.05) is 6.07 Å². The number of nitrogens with two attached hydrogens (primary N) is 1. The molecule has 5 rings (SSSR count). The van der Waals surface area contributed by atoms with Crippen LogP contribution in [0.3, 0.4) is 0 Å². The monoisotopic (exact) mass is 571 g/mol. The summed E-state index contributed by atoms with van der Waals surface area (Å²) in [5.41, 5.74) is 4.96. The summed E-state index contributed by atoms with van der Waals surface area (Å²) in [6.45, 7) is 0.898. The average Bonchev–Trinajstić information content (AvgIpc) is 3.46. The van der Waals surface area contributed by atoms with Crippen LogP contribution in [-0.2, 0) is 29.0 Å². The van der Waals surface area contributed by atoms with Crippen LogP contribution in [0.2, 0.25) is 0 Å². The van der Waals surface area contributed by atoms with Crippen LogP contribution in [0.25, 0.3) is 5.52 Å². The van der Waals surface area contributed by atoms with E-state index in [1.54, 1.807) is 42.5 Å². The van der Waals surface area contributed by atoms with Crippen molar-refractivity contribution in [3.8, 4) is 11.8 Å². The van der Waals surface area contributed by atoms with Crippen LogP contribution < -0.4 is 15.3 Å². The lowest BCUT2D eigenvalue weighted by Gasteiger charge is -2.28. The Morgan fingerprint density at radius 3 is 2.73 bits per heavy atom. The number of nitrogens with zero attached hydrogens (tertiary/aromatic N) is 3. The number of anilines is 1. The Morgan fingerprint density at radius 1 is 1.30 bits per heavy atom. The number of esters is 1. The first kappa shape index (κ1) is 28.0. The molecule has 0 amide bonds. The molecule has 2 aromatic heterocycles. The fraction of sp³-hybridized carbons (Fsp3) is 0.423. The zero-order chi connectivity index (χ0) is 28.5. The van der Waals surface area contributed by atoms with E-state index in [0.29, 0.717) is 11.2 Å². The highest BCUT2D eigenvalue weighted by molar-refractivity contribution is 7.52. The van der Waals surface area contributed by atoms with Gasteiger partial charge in [-0.05, 0) is 56.5 Å². The topological polar surface area (TPSA) is 191 Å². The van der Waals surface area contributed by atoms with E-state index in [2.05, 4.69) is 10.2 Å². The molecule has 2 aliphatic rings. The van der Waals surface area contributed by atoms with Crippen LogP contribution in [0.1, 0.15) is 31.9 Å². The SMILES string of the molecule is C[C@H](NP(=O)(OC[C@H]1O[C@@](C#N)(c2ccc3c(N)ccnn23)[C@H](O)[C@@H]1O)Oc1ccccc1)C(=O)OC1CCC1. The predicted octanol–water partition coefficient (Wildman–Crippen LogP) is 2.03. The Kier molecular flexibility index (Phi) is 7.83. The molecule has 1 aliphatic carbocycles. The van der Waals surface area contributed by atoms with Crippen molar-refractivity contribution >= 4 is 24.9 Å². The van der Waals surface area contributed by atoms with Crippen LogP contribution in [0.4, 0.5) is 5.69 Å². The third-order valence-corrected chi connectivity index (χ3v) is 8.65. The zero-order valence-electron chi connectivity index (χ0n) is 21.6. The number of carbonyl (C=O) groups excluding carboxylic acids is 1. The van der Waals surface area contributed by atoms with Crippen molar-refractivity contribution < 1.29 is 38.1 Å². The Labute approximate surface area is 230 Å². The fourth-order valence-electron chi connectivity index (χ4n) is 4.56. The van der Waals surface area contributed by atoms with Gasteiger partial charge in [-0.1, -0.05) is 18.2 Å². The summed E-state index contributed by atoms with van der Waals surface area (Å²) in [5.74, 6) is -0.423. The number of ether oxygens (including phenoxy) is 2. The van der Waals surface area contributed by atoms with E-state index in [9.17, 15) is 24.8 Å². The van der Waals surface area contributed by atoms with Crippen molar-refractivity contribution in [2.24, 2.45) is 0 Å². The number of para-hydroxylation sites is 1. The Balaban J connectivity index is 1.35. The minimum Gasteiger partial charge on any atom is -0.461 e. The lowest BCUT2D eigenvalue weighted by Crippen LogP contribution is -2.41. The number of nitrogen functional groups attached to an aromatic ring is 1. The maximum Gasteiger partial charge on any atom is 0.459 e. The van der Waals surface area contributed by atoms with Gasteiger partial charge in [0, 0.05) is 6.20 Å². The minimum absolute atomic E-state index is 0.139. The van der Waals surface area contributed by atoms with Gasteiger partial charge in [0.1, 0.15) is 42.3 Å². The lowest BCUT2D eigenvalue weighted by atomic mass is 9.92. The molecule has 3 heterocycles. The van der Waals surface area contributed by atoms with E-state index in [4.69, 9.17) is 24.3 Å². The number of hydrogen-bond donors (Lipinski definition) is 4. The zero-order valence-corrected chi connectivity index (χ0v) is 22.5. The van der Waals surface area contributed by atoms with Crippen molar-refractivity contribution in [2.75, 3.05) is 12.3 Å². The van der Waals surface area contributed by atoms with Crippen molar-refractivity contribution in [3.05, 3.63) is 60.4 Å². The number of rotatable bonds is 10. The fourth-order valence-corrected chi connectivity index (χ4v) is 6.06. The third kappa shape index (κ3) is 5.30. The highest BCUT2D eigenvalue weighted by Crippen LogP contribution is 2.47. The normalized spacial score (nSPS) is 26.9. The van der Waals surface area contributed by atoms with E-state index < -0.39 is 50.3 Å². The van der Waals surface area contributed by atoms with Crippen LogP contribution in [0, 0.1) is 11.3 Å². The summed E-state index contributed by atoms with van der Waals surface area (Å²) in [6.07, 6.45) is -0.880. The molecule has 1 aromatic carbocycles. The summed E-state index contributed by atoms with van der Waals surface area (Å²) < 4.78 is 37.7. The summed E-state index contributed by atoms with van der Waals surface area (Å²) >= 11 is 0. The Hall–Kier alpha value is -3.50.